The zero-order valence-electron chi connectivity index (χ0n) is 17.1. The molecular weight excluding hydrogens is 462 g/mol. The summed E-state index contributed by atoms with van der Waals surface area (Å²) in [5.41, 5.74) is -1.12. The van der Waals surface area contributed by atoms with Crippen LogP contribution < -0.4 is 15.4 Å². The molecule has 0 atom stereocenters. The number of anilines is 2. The fraction of sp³-hybridized carbons (Fsp3) is 0.300. The van der Waals surface area contributed by atoms with Crippen molar-refractivity contribution in [2.24, 2.45) is 0 Å². The Hall–Kier alpha value is -2.96. The van der Waals surface area contributed by atoms with Crippen molar-refractivity contribution >= 4 is 45.9 Å². The smallest absolute Gasteiger partial charge is 0.277 e. The van der Waals surface area contributed by atoms with Gasteiger partial charge >= 0.3 is 0 Å². The number of hydrogen-bond donors (Lipinski definition) is 3. The van der Waals surface area contributed by atoms with E-state index in [0.717, 1.165) is 35.0 Å². The summed E-state index contributed by atoms with van der Waals surface area (Å²) in [4.78, 5) is 27.8. The Morgan fingerprint density at radius 1 is 1.31 bits per heavy atom. The molecule has 8 nitrogen and oxygen atoms in total. The second-order valence-corrected chi connectivity index (χ2v) is 9.06. The SMILES string of the molecule is CC(C)(O)CCCOc1sncc1NC(=O)c1nc(-c2c(F)cccc2F)sc1NC=O. The molecule has 0 saturated carbocycles. The van der Waals surface area contributed by atoms with E-state index in [1.807, 2.05) is 0 Å². The largest absolute Gasteiger partial charge is 0.481 e. The van der Waals surface area contributed by atoms with Crippen LogP contribution >= 0.6 is 22.9 Å². The molecule has 2 amide bonds. The number of aromatic nitrogens is 2. The van der Waals surface area contributed by atoms with E-state index in [4.69, 9.17) is 4.74 Å². The number of hydrogen-bond acceptors (Lipinski definition) is 8. The summed E-state index contributed by atoms with van der Waals surface area (Å²) in [6, 6.07) is 3.36. The van der Waals surface area contributed by atoms with Gasteiger partial charge in [-0.05, 0) is 38.8 Å². The van der Waals surface area contributed by atoms with E-state index >= 15 is 0 Å². The molecule has 3 aromatic rings. The lowest BCUT2D eigenvalue weighted by atomic mass is 10.0. The van der Waals surface area contributed by atoms with Gasteiger partial charge in [-0.15, -0.1) is 0 Å². The highest BCUT2D eigenvalue weighted by molar-refractivity contribution is 7.19. The molecule has 32 heavy (non-hydrogen) atoms. The van der Waals surface area contributed by atoms with Gasteiger partial charge in [-0.2, -0.15) is 4.37 Å². The normalized spacial score (nSPS) is 11.3. The molecule has 170 valence electrons. The van der Waals surface area contributed by atoms with Gasteiger partial charge in [0.25, 0.3) is 5.91 Å². The highest BCUT2D eigenvalue weighted by Crippen LogP contribution is 2.36. The summed E-state index contributed by atoms with van der Waals surface area (Å²) >= 11 is 1.79. The molecule has 0 unspecified atom stereocenters. The summed E-state index contributed by atoms with van der Waals surface area (Å²) in [7, 11) is 0. The topological polar surface area (TPSA) is 113 Å². The maximum absolute atomic E-state index is 14.1. The van der Waals surface area contributed by atoms with E-state index in [1.165, 1.54) is 12.3 Å². The number of carbonyl (C=O) groups excluding carboxylic acids is 2. The predicted octanol–water partition coefficient (Wildman–Crippen LogP) is 4.30. The molecule has 0 aliphatic heterocycles. The number of halogens is 2. The number of amides is 2. The molecule has 0 saturated heterocycles. The first-order valence-electron chi connectivity index (χ1n) is 9.46. The van der Waals surface area contributed by atoms with Crippen LogP contribution in [0.5, 0.6) is 5.06 Å². The van der Waals surface area contributed by atoms with E-state index in [1.54, 1.807) is 13.8 Å². The maximum atomic E-state index is 14.1. The van der Waals surface area contributed by atoms with Crippen LogP contribution in [0.25, 0.3) is 10.6 Å². The molecule has 2 aromatic heterocycles. The number of aliphatic hydroxyl groups is 1. The minimum atomic E-state index is -0.841. The van der Waals surface area contributed by atoms with Gasteiger partial charge in [0.2, 0.25) is 11.5 Å². The molecule has 0 aliphatic rings. The molecule has 0 bridgehead atoms. The Bertz CT molecular complexity index is 1090. The van der Waals surface area contributed by atoms with Crippen LogP contribution in [0.1, 0.15) is 37.2 Å². The van der Waals surface area contributed by atoms with Crippen molar-refractivity contribution in [3.05, 3.63) is 41.7 Å². The van der Waals surface area contributed by atoms with Crippen molar-refractivity contribution in [2.45, 2.75) is 32.3 Å². The average Bonchev–Trinajstić information content (AvgIpc) is 3.32. The minimum Gasteiger partial charge on any atom is -0.481 e. The molecule has 12 heteroatoms. The zero-order valence-corrected chi connectivity index (χ0v) is 18.8. The quantitative estimate of drug-likeness (QED) is 0.293. The van der Waals surface area contributed by atoms with E-state index in [9.17, 15) is 23.5 Å². The Kier molecular flexibility index (Phi) is 7.48. The van der Waals surface area contributed by atoms with Crippen molar-refractivity contribution in [1.82, 2.24) is 9.36 Å². The van der Waals surface area contributed by atoms with Crippen molar-refractivity contribution < 1.29 is 28.2 Å². The molecule has 3 N–H and O–H groups in total. The van der Waals surface area contributed by atoms with Gasteiger partial charge in [-0.1, -0.05) is 17.4 Å². The summed E-state index contributed by atoms with van der Waals surface area (Å²) in [5, 5.41) is 15.0. The predicted molar refractivity (Wildman–Crippen MR) is 118 cm³/mol. The van der Waals surface area contributed by atoms with Gasteiger partial charge in [0.15, 0.2) is 5.69 Å². The first kappa shape index (κ1) is 23.7. The molecule has 0 spiro atoms. The van der Waals surface area contributed by atoms with Crippen LogP contribution in [-0.2, 0) is 4.79 Å². The number of carbonyl (C=O) groups is 2. The van der Waals surface area contributed by atoms with E-state index in [0.29, 0.717) is 30.9 Å². The van der Waals surface area contributed by atoms with Crippen molar-refractivity contribution in [3.8, 4) is 15.6 Å². The van der Waals surface area contributed by atoms with Crippen LogP contribution in [0, 0.1) is 11.6 Å². The number of rotatable bonds is 10. The molecule has 0 fully saturated rings. The van der Waals surface area contributed by atoms with Crippen molar-refractivity contribution in [1.29, 1.82) is 0 Å². The Morgan fingerprint density at radius 3 is 2.69 bits per heavy atom. The van der Waals surface area contributed by atoms with Gasteiger partial charge in [-0.3, -0.25) is 9.59 Å². The monoisotopic (exact) mass is 482 g/mol. The minimum absolute atomic E-state index is 0.0333. The van der Waals surface area contributed by atoms with Gasteiger partial charge in [-0.25, -0.2) is 13.8 Å². The van der Waals surface area contributed by atoms with Crippen molar-refractivity contribution in [2.75, 3.05) is 17.2 Å². The van der Waals surface area contributed by atoms with Crippen molar-refractivity contribution in [3.63, 3.8) is 0 Å². The number of ether oxygens (including phenoxy) is 1. The third-order valence-electron chi connectivity index (χ3n) is 4.16. The van der Waals surface area contributed by atoms with Crippen LogP contribution in [0.15, 0.2) is 24.4 Å². The standard InChI is InChI=1S/C20H20F2N4O4S2/c1-20(2,29)7-4-8-30-19-13(9-24-32-19)25-16(28)15-18(23-10-27)31-17(26-15)14-11(21)5-3-6-12(14)22/h3,5-6,9-10,29H,4,7-8H2,1-2H3,(H,23,27)(H,25,28). The fourth-order valence-corrected chi connectivity index (χ4v) is 4.26. The number of nitrogens with zero attached hydrogens (tertiary/aromatic N) is 2. The second kappa shape index (κ2) is 10.1. The summed E-state index contributed by atoms with van der Waals surface area (Å²) in [5.74, 6) is -2.39. The lowest BCUT2D eigenvalue weighted by Crippen LogP contribution is -2.19. The van der Waals surface area contributed by atoms with Gasteiger partial charge in [0.05, 0.1) is 24.0 Å². The molecule has 0 aliphatic carbocycles. The van der Waals surface area contributed by atoms with Crippen LogP contribution in [0.4, 0.5) is 19.5 Å². The Balaban J connectivity index is 1.78. The number of benzene rings is 1. The highest BCUT2D eigenvalue weighted by atomic mass is 32.1. The number of nitrogens with one attached hydrogen (secondary N) is 2. The van der Waals surface area contributed by atoms with E-state index in [-0.39, 0.29) is 21.4 Å². The molecule has 0 radical (unpaired) electrons. The lowest BCUT2D eigenvalue weighted by molar-refractivity contribution is -0.105. The van der Waals surface area contributed by atoms with Gasteiger partial charge in [0, 0.05) is 11.5 Å². The van der Waals surface area contributed by atoms with Crippen LogP contribution in [-0.4, -0.2) is 39.0 Å². The summed E-state index contributed by atoms with van der Waals surface area (Å²) in [6.45, 7) is 3.71. The first-order chi connectivity index (χ1) is 15.2. The molecule has 3 rings (SSSR count). The first-order valence-corrected chi connectivity index (χ1v) is 11.0. The molecule has 1 aromatic carbocycles. The summed E-state index contributed by atoms with van der Waals surface area (Å²) in [6.07, 6.45) is 2.86. The van der Waals surface area contributed by atoms with E-state index in [2.05, 4.69) is 20.0 Å². The van der Waals surface area contributed by atoms with Crippen LogP contribution in [0.2, 0.25) is 0 Å². The average molecular weight is 483 g/mol. The third kappa shape index (κ3) is 5.84. The number of thiazole rings is 1. The summed E-state index contributed by atoms with van der Waals surface area (Å²) < 4.78 is 37.9. The highest BCUT2D eigenvalue weighted by Gasteiger charge is 2.24. The third-order valence-corrected chi connectivity index (χ3v) is 5.88. The zero-order chi connectivity index (χ0) is 23.3. The van der Waals surface area contributed by atoms with Gasteiger partial charge in [0.1, 0.15) is 27.3 Å². The Labute approximate surface area is 190 Å². The lowest BCUT2D eigenvalue weighted by Gasteiger charge is -2.16. The molecule has 2 heterocycles. The Morgan fingerprint density at radius 2 is 2.03 bits per heavy atom. The second-order valence-electron chi connectivity index (χ2n) is 7.30. The maximum Gasteiger partial charge on any atom is 0.277 e. The fourth-order valence-electron chi connectivity index (χ4n) is 2.70. The van der Waals surface area contributed by atoms with E-state index < -0.39 is 28.7 Å². The van der Waals surface area contributed by atoms with Crippen LogP contribution in [0.3, 0.4) is 0 Å². The molecular formula is C20H20F2N4O4S2. The van der Waals surface area contributed by atoms with Gasteiger partial charge < -0.3 is 20.5 Å².